The normalized spacial score (nSPS) is 10.5. The van der Waals surface area contributed by atoms with E-state index in [-0.39, 0.29) is 14.8 Å². The number of rotatable bonds is 2. The highest BCUT2D eigenvalue weighted by Gasteiger charge is 2.13. The summed E-state index contributed by atoms with van der Waals surface area (Å²) in [6.07, 6.45) is -2.09. The monoisotopic (exact) mass is 196 g/mol. The lowest BCUT2D eigenvalue weighted by molar-refractivity contribution is 0.112. The van der Waals surface area contributed by atoms with Gasteiger partial charge in [-0.3, -0.25) is 4.79 Å². The Hall–Kier alpha value is -0.480. The first-order valence-electron chi connectivity index (χ1n) is 2.67. The maximum atomic E-state index is 11.9. The zero-order valence-electron chi connectivity index (χ0n) is 5.18. The number of alkyl halides is 2. The molecule has 1 aromatic rings. The van der Waals surface area contributed by atoms with Crippen LogP contribution in [0.3, 0.4) is 0 Å². The molecule has 1 nitrogen and oxygen atoms in total. The third-order valence-electron chi connectivity index (χ3n) is 1.07. The van der Waals surface area contributed by atoms with E-state index < -0.39 is 6.43 Å². The topological polar surface area (TPSA) is 17.1 Å². The fraction of sp³-hybridized carbons (Fsp3) is 0.167. The average molecular weight is 197 g/mol. The molecule has 11 heavy (non-hydrogen) atoms. The number of aldehydes is 1. The predicted molar refractivity (Wildman–Crippen MR) is 39.7 cm³/mol. The van der Waals surface area contributed by atoms with E-state index >= 15 is 0 Å². The third kappa shape index (κ3) is 1.75. The Kier molecular flexibility index (Phi) is 2.57. The van der Waals surface area contributed by atoms with E-state index in [1.165, 1.54) is 0 Å². The van der Waals surface area contributed by atoms with Crippen LogP contribution < -0.4 is 0 Å². The van der Waals surface area contributed by atoms with Gasteiger partial charge in [0.2, 0.25) is 0 Å². The van der Waals surface area contributed by atoms with Gasteiger partial charge >= 0.3 is 0 Å². The fourth-order valence-electron chi connectivity index (χ4n) is 0.590. The summed E-state index contributed by atoms with van der Waals surface area (Å²) in [5, 5.41) is 0. The highest BCUT2D eigenvalue weighted by atomic mass is 35.5. The van der Waals surface area contributed by atoms with Crippen molar-refractivity contribution in [3.63, 3.8) is 0 Å². The molecule has 0 fully saturated rings. The van der Waals surface area contributed by atoms with E-state index in [9.17, 15) is 13.6 Å². The van der Waals surface area contributed by atoms with E-state index in [2.05, 4.69) is 0 Å². The first-order chi connectivity index (χ1) is 5.15. The molecule has 1 rings (SSSR count). The van der Waals surface area contributed by atoms with E-state index in [0.29, 0.717) is 6.29 Å². The highest BCUT2D eigenvalue weighted by Crippen LogP contribution is 2.32. The molecule has 0 radical (unpaired) electrons. The molecule has 0 aliphatic carbocycles. The van der Waals surface area contributed by atoms with Gasteiger partial charge in [-0.05, 0) is 6.07 Å². The highest BCUT2D eigenvalue weighted by molar-refractivity contribution is 7.16. The summed E-state index contributed by atoms with van der Waals surface area (Å²) in [5.41, 5.74) is 0.131. The molecule has 0 N–H and O–H groups in total. The number of hydrogen-bond acceptors (Lipinski definition) is 2. The molecule has 0 spiro atoms. The average Bonchev–Trinajstić information content (AvgIpc) is 2.31. The molecule has 1 heterocycles. The van der Waals surface area contributed by atoms with Crippen molar-refractivity contribution in [1.82, 2.24) is 0 Å². The smallest absolute Gasteiger partial charge is 0.272 e. The van der Waals surface area contributed by atoms with Gasteiger partial charge in [-0.1, -0.05) is 11.6 Å². The lowest BCUT2D eigenvalue weighted by Crippen LogP contribution is -1.75. The second-order valence-electron chi connectivity index (χ2n) is 1.80. The fourth-order valence-corrected chi connectivity index (χ4v) is 1.66. The van der Waals surface area contributed by atoms with Crippen molar-refractivity contribution in [1.29, 1.82) is 0 Å². The zero-order chi connectivity index (χ0) is 8.43. The van der Waals surface area contributed by atoms with E-state index in [4.69, 9.17) is 11.6 Å². The van der Waals surface area contributed by atoms with Crippen LogP contribution >= 0.6 is 22.9 Å². The number of thiophene rings is 1. The van der Waals surface area contributed by atoms with Crippen LogP contribution in [-0.4, -0.2) is 6.29 Å². The van der Waals surface area contributed by atoms with Crippen LogP contribution in [0.25, 0.3) is 0 Å². The summed E-state index contributed by atoms with van der Waals surface area (Å²) in [7, 11) is 0. The summed E-state index contributed by atoms with van der Waals surface area (Å²) < 4.78 is 24.0. The SMILES string of the molecule is O=Cc1cc(C(F)F)sc1Cl. The molecular weight excluding hydrogens is 194 g/mol. The zero-order valence-corrected chi connectivity index (χ0v) is 6.75. The van der Waals surface area contributed by atoms with Crippen LogP contribution in [0.2, 0.25) is 4.34 Å². The van der Waals surface area contributed by atoms with Crippen molar-refractivity contribution < 1.29 is 13.6 Å². The molecule has 1 aromatic heterocycles. The van der Waals surface area contributed by atoms with Crippen molar-refractivity contribution in [3.8, 4) is 0 Å². The molecule has 0 atom stereocenters. The number of halogens is 3. The maximum absolute atomic E-state index is 11.9. The largest absolute Gasteiger partial charge is 0.298 e. The Labute approximate surface area is 70.6 Å². The lowest BCUT2D eigenvalue weighted by atomic mass is 10.3. The summed E-state index contributed by atoms with van der Waals surface area (Å²) in [5.74, 6) is 0. The predicted octanol–water partition coefficient (Wildman–Crippen LogP) is 3.15. The van der Waals surface area contributed by atoms with Crippen molar-refractivity contribution in [3.05, 3.63) is 20.8 Å². The minimum Gasteiger partial charge on any atom is -0.298 e. The quantitative estimate of drug-likeness (QED) is 0.664. The molecule has 60 valence electrons. The van der Waals surface area contributed by atoms with Gasteiger partial charge in [-0.2, -0.15) is 0 Å². The molecule has 0 amide bonds. The van der Waals surface area contributed by atoms with Gasteiger partial charge < -0.3 is 0 Å². The van der Waals surface area contributed by atoms with Gasteiger partial charge in [0.05, 0.1) is 4.88 Å². The van der Waals surface area contributed by atoms with Crippen LogP contribution in [0, 0.1) is 0 Å². The minimum atomic E-state index is -2.55. The first kappa shape index (κ1) is 8.62. The van der Waals surface area contributed by atoms with Crippen LogP contribution in [-0.2, 0) is 0 Å². The van der Waals surface area contributed by atoms with Gasteiger partial charge in [0.1, 0.15) is 4.34 Å². The minimum absolute atomic E-state index is 0.121. The Morgan fingerprint density at radius 3 is 2.55 bits per heavy atom. The van der Waals surface area contributed by atoms with Crippen molar-refractivity contribution >= 4 is 29.2 Å². The van der Waals surface area contributed by atoms with Crippen molar-refractivity contribution in [2.45, 2.75) is 6.43 Å². The standard InChI is InChI=1S/C6H3ClF2OS/c7-5-3(2-10)1-4(11-5)6(8)9/h1-2,6H. The molecule has 0 aromatic carbocycles. The Balaban J connectivity index is 3.04. The molecule has 0 aliphatic rings. The van der Waals surface area contributed by atoms with E-state index in [0.717, 1.165) is 17.4 Å². The number of carbonyl (C=O) groups excluding carboxylic acids is 1. The molecule has 0 aliphatic heterocycles. The molecule has 0 saturated heterocycles. The number of hydrogen-bond donors (Lipinski definition) is 0. The summed E-state index contributed by atoms with van der Waals surface area (Å²) in [4.78, 5) is 9.97. The Morgan fingerprint density at radius 2 is 2.27 bits per heavy atom. The summed E-state index contributed by atoms with van der Waals surface area (Å²) in [6, 6.07) is 1.10. The van der Waals surface area contributed by atoms with Crippen LogP contribution in [0.4, 0.5) is 8.78 Å². The van der Waals surface area contributed by atoms with Gasteiger partial charge in [0.15, 0.2) is 6.29 Å². The van der Waals surface area contributed by atoms with Crippen LogP contribution in [0.15, 0.2) is 6.07 Å². The van der Waals surface area contributed by atoms with E-state index in [1.54, 1.807) is 0 Å². The first-order valence-corrected chi connectivity index (χ1v) is 3.87. The molecular formula is C6H3ClF2OS. The molecule has 5 heteroatoms. The number of carbonyl (C=O) groups is 1. The summed E-state index contributed by atoms with van der Waals surface area (Å²) >= 11 is 6.17. The van der Waals surface area contributed by atoms with Crippen LogP contribution in [0.1, 0.15) is 21.7 Å². The molecule has 0 saturated carbocycles. The van der Waals surface area contributed by atoms with Gasteiger partial charge in [-0.15, -0.1) is 11.3 Å². The maximum Gasteiger partial charge on any atom is 0.272 e. The second-order valence-corrected chi connectivity index (χ2v) is 3.48. The van der Waals surface area contributed by atoms with E-state index in [1.807, 2.05) is 0 Å². The second kappa shape index (κ2) is 3.28. The molecule has 0 unspecified atom stereocenters. The van der Waals surface area contributed by atoms with Gasteiger partial charge in [0, 0.05) is 5.56 Å². The summed E-state index contributed by atoms with van der Waals surface area (Å²) in [6.45, 7) is 0. The molecule has 0 bridgehead atoms. The van der Waals surface area contributed by atoms with Crippen molar-refractivity contribution in [2.75, 3.05) is 0 Å². The van der Waals surface area contributed by atoms with Crippen LogP contribution in [0.5, 0.6) is 0 Å². The Morgan fingerprint density at radius 1 is 1.64 bits per heavy atom. The Bertz CT molecular complexity index is 272. The van der Waals surface area contributed by atoms with Crippen molar-refractivity contribution in [2.24, 2.45) is 0 Å². The van der Waals surface area contributed by atoms with Gasteiger partial charge in [-0.25, -0.2) is 8.78 Å². The third-order valence-corrected chi connectivity index (χ3v) is 2.47. The van der Waals surface area contributed by atoms with Gasteiger partial charge in [0.25, 0.3) is 6.43 Å². The lowest BCUT2D eigenvalue weighted by Gasteiger charge is -1.87.